The summed E-state index contributed by atoms with van der Waals surface area (Å²) in [6.07, 6.45) is 3.77. The Balaban J connectivity index is 0.000000209. The van der Waals surface area contributed by atoms with Gasteiger partial charge in [-0.25, -0.2) is 0 Å². The van der Waals surface area contributed by atoms with E-state index in [2.05, 4.69) is 78.1 Å². The van der Waals surface area contributed by atoms with Crippen LogP contribution in [0.2, 0.25) is 19.6 Å². The summed E-state index contributed by atoms with van der Waals surface area (Å²) in [5.41, 5.74) is 8.53. The van der Waals surface area contributed by atoms with E-state index in [0.717, 1.165) is 55.6 Å². The first-order valence-electron chi connectivity index (χ1n) is 15.4. The molecule has 3 aromatic heterocycles. The van der Waals surface area contributed by atoms with E-state index in [1.54, 1.807) is 6.20 Å². The molecule has 7 aromatic rings. The Morgan fingerprint density at radius 3 is 2.22 bits per heavy atom. The van der Waals surface area contributed by atoms with Crippen molar-refractivity contribution in [2.45, 2.75) is 39.4 Å². The largest absolute Gasteiger partial charge is 0.501 e. The molecule has 0 N–H and O–H groups in total. The minimum absolute atomic E-state index is 0. The van der Waals surface area contributed by atoms with Crippen LogP contribution in [0.3, 0.4) is 0 Å². The van der Waals surface area contributed by atoms with Crippen LogP contribution in [0.25, 0.3) is 55.6 Å². The number of nitrogens with zero attached hydrogens (tertiary/aromatic N) is 2. The van der Waals surface area contributed by atoms with Crippen molar-refractivity contribution in [3.63, 3.8) is 0 Å². The summed E-state index contributed by atoms with van der Waals surface area (Å²) in [7, 11) is -1.23. The van der Waals surface area contributed by atoms with Gasteiger partial charge in [0, 0.05) is 39.3 Å². The zero-order valence-electron chi connectivity index (χ0n) is 27.2. The number of hydrogen-bond donors (Lipinski definition) is 0. The van der Waals surface area contributed by atoms with Crippen molar-refractivity contribution < 1.29 is 25.9 Å². The number of rotatable bonds is 5. The fourth-order valence-corrected chi connectivity index (χ4v) is 6.21. The topological polar surface area (TPSA) is 38.9 Å². The quantitative estimate of drug-likeness (QED) is 0.129. The van der Waals surface area contributed by atoms with Gasteiger partial charge in [0.25, 0.3) is 0 Å². The number of benzene rings is 4. The van der Waals surface area contributed by atoms with Gasteiger partial charge in [0.2, 0.25) is 0 Å². The molecule has 0 saturated heterocycles. The molecule has 0 atom stereocenters. The summed E-state index contributed by atoms with van der Waals surface area (Å²) >= 11 is 0. The van der Waals surface area contributed by atoms with E-state index < -0.39 is 14.0 Å². The number of fused-ring (bicyclic) bond motifs is 3. The van der Waals surface area contributed by atoms with Crippen LogP contribution in [0.1, 0.15) is 26.7 Å². The van der Waals surface area contributed by atoms with E-state index in [-0.39, 0.29) is 20.1 Å². The molecule has 227 valence electrons. The first-order chi connectivity index (χ1) is 21.6. The number of pyridine rings is 2. The van der Waals surface area contributed by atoms with E-state index in [9.17, 15) is 0 Å². The zero-order chi connectivity index (χ0) is 31.6. The zero-order valence-corrected chi connectivity index (χ0v) is 29.6. The second-order valence-corrected chi connectivity index (χ2v) is 17.2. The third-order valence-electron chi connectivity index (χ3n) is 7.75. The Hall–Kier alpha value is -4.15. The summed E-state index contributed by atoms with van der Waals surface area (Å²) in [5, 5.41) is 3.52. The molecule has 0 fully saturated rings. The molecule has 0 spiro atoms. The second-order valence-electron chi connectivity index (χ2n) is 12.2. The van der Waals surface area contributed by atoms with Gasteiger partial charge in [-0.2, -0.15) is 0 Å². The van der Waals surface area contributed by atoms with Gasteiger partial charge in [-0.3, -0.25) is 0 Å². The maximum Gasteiger partial charge on any atom is 0.120 e. The summed E-state index contributed by atoms with van der Waals surface area (Å²) < 4.78 is 14.6. The normalized spacial score (nSPS) is 11.8. The van der Waals surface area contributed by atoms with Gasteiger partial charge in [0.15, 0.2) is 0 Å². The monoisotopic (exact) mass is 782 g/mol. The maximum absolute atomic E-state index is 8.33. The van der Waals surface area contributed by atoms with E-state index in [1.807, 2.05) is 92.8 Å². The molecule has 3 heterocycles. The van der Waals surface area contributed by atoms with Crippen LogP contribution >= 0.6 is 0 Å². The molecule has 5 heteroatoms. The fraction of sp³-hybridized carbons (Fsp3) is 0.150. The van der Waals surface area contributed by atoms with Crippen molar-refractivity contribution >= 4 is 35.2 Å². The van der Waals surface area contributed by atoms with Crippen LogP contribution < -0.4 is 5.19 Å². The van der Waals surface area contributed by atoms with Gasteiger partial charge in [-0.05, 0) is 51.8 Å². The smallest absolute Gasteiger partial charge is 0.120 e. The van der Waals surface area contributed by atoms with E-state index in [1.165, 1.54) is 10.8 Å². The van der Waals surface area contributed by atoms with E-state index in [4.69, 9.17) is 5.79 Å². The standard InChI is InChI=1S/C26H20NO.C14H16NSi.Ir/c1-17(2)19-13-14-27-24(16-19)22-10-6-9-21-23-15-20(18-7-4-3-5-8-18)11-12-25(23)28-26(21)22;1-16(2,3)13-9-10-14(15-11-13)12-7-5-4-6-8-12;/h3-9,11-17H,1-2H3;4-7,9-11H,1-3H3;/q2*-1;/i17D;;. The average Bonchev–Trinajstić information content (AvgIpc) is 3.43. The van der Waals surface area contributed by atoms with Crippen molar-refractivity contribution in [1.29, 1.82) is 0 Å². The van der Waals surface area contributed by atoms with Crippen LogP contribution in [0.5, 0.6) is 0 Å². The van der Waals surface area contributed by atoms with Gasteiger partial charge in [-0.15, -0.1) is 54.1 Å². The van der Waals surface area contributed by atoms with Gasteiger partial charge < -0.3 is 14.4 Å². The van der Waals surface area contributed by atoms with Gasteiger partial charge >= 0.3 is 0 Å². The van der Waals surface area contributed by atoms with E-state index in [0.29, 0.717) is 0 Å². The molecule has 0 amide bonds. The van der Waals surface area contributed by atoms with Crippen LogP contribution in [-0.2, 0) is 20.1 Å². The maximum atomic E-state index is 8.33. The molecule has 0 saturated carbocycles. The molecule has 45 heavy (non-hydrogen) atoms. The minimum Gasteiger partial charge on any atom is -0.501 e. The van der Waals surface area contributed by atoms with Gasteiger partial charge in [0.1, 0.15) is 5.58 Å². The number of hydrogen-bond acceptors (Lipinski definition) is 3. The predicted molar refractivity (Wildman–Crippen MR) is 187 cm³/mol. The minimum atomic E-state index is -1.23. The van der Waals surface area contributed by atoms with Crippen molar-refractivity contribution in [2.24, 2.45) is 0 Å². The number of aromatic nitrogens is 2. The molecule has 4 aromatic carbocycles. The Kier molecular flexibility index (Phi) is 9.51. The first-order valence-corrected chi connectivity index (χ1v) is 18.4. The van der Waals surface area contributed by atoms with Crippen molar-refractivity contribution in [2.75, 3.05) is 0 Å². The van der Waals surface area contributed by atoms with Crippen LogP contribution in [0, 0.1) is 12.1 Å². The van der Waals surface area contributed by atoms with Crippen molar-refractivity contribution in [1.82, 2.24) is 9.97 Å². The molecule has 1 radical (unpaired) electrons. The summed E-state index contributed by atoms with van der Waals surface area (Å²) in [6.45, 7) is 10.8. The molecule has 0 aliphatic rings. The summed E-state index contributed by atoms with van der Waals surface area (Å²) in [5.74, 6) is -0.690. The third kappa shape index (κ3) is 7.23. The van der Waals surface area contributed by atoms with E-state index >= 15 is 0 Å². The molecule has 0 aliphatic heterocycles. The molecule has 0 unspecified atom stereocenters. The van der Waals surface area contributed by atoms with Crippen LogP contribution in [-0.4, -0.2) is 18.0 Å². The SMILES string of the molecule is C[Si](C)(C)c1ccc(-c2[c-]cccc2)nc1.[2H]C(C)(C)c1ccnc(-c2[c-]ccc3c2oc2ccc(-c4ccccc4)cc23)c1.[Ir]. The van der Waals surface area contributed by atoms with Gasteiger partial charge in [-0.1, -0.05) is 105 Å². The molecule has 7 rings (SSSR count). The van der Waals surface area contributed by atoms with Gasteiger partial charge in [0.05, 0.1) is 13.7 Å². The number of furan rings is 1. The fourth-order valence-electron chi connectivity index (χ4n) is 5.17. The Bertz CT molecular complexity index is 2060. The predicted octanol–water partition coefficient (Wildman–Crippen LogP) is 10.3. The summed E-state index contributed by atoms with van der Waals surface area (Å²) in [4.78, 5) is 9.05. The molecular formula is C40H36IrN2OSi-2. The average molecular weight is 782 g/mol. The first kappa shape index (κ1) is 30.9. The van der Waals surface area contributed by atoms with Crippen LogP contribution in [0.4, 0.5) is 0 Å². The third-order valence-corrected chi connectivity index (χ3v) is 9.77. The molecular weight excluding hydrogens is 745 g/mol. The molecule has 3 nitrogen and oxygen atoms in total. The Labute approximate surface area is 282 Å². The molecule has 0 aliphatic carbocycles. The Morgan fingerprint density at radius 1 is 0.733 bits per heavy atom. The van der Waals surface area contributed by atoms with Crippen molar-refractivity contribution in [3.8, 4) is 33.6 Å². The second kappa shape index (κ2) is 13.9. The molecule has 0 bridgehead atoms. The van der Waals surface area contributed by atoms with Crippen LogP contribution in [0.15, 0.2) is 126 Å². The van der Waals surface area contributed by atoms with Crippen molar-refractivity contribution in [3.05, 3.63) is 139 Å². The summed E-state index contributed by atoms with van der Waals surface area (Å²) in [6, 6.07) is 43.2. The Morgan fingerprint density at radius 2 is 1.53 bits per heavy atom.